The van der Waals surface area contributed by atoms with Gasteiger partial charge in [-0.2, -0.15) is 11.8 Å². The molecule has 0 aromatic rings. The van der Waals surface area contributed by atoms with Crippen molar-refractivity contribution < 1.29 is 8.42 Å². The summed E-state index contributed by atoms with van der Waals surface area (Å²) in [6, 6.07) is 0.469. The Kier molecular flexibility index (Phi) is 5.38. The lowest BCUT2D eigenvalue weighted by Gasteiger charge is -2.19. The maximum absolute atomic E-state index is 10.7. The Labute approximate surface area is 96.4 Å². The van der Waals surface area contributed by atoms with Crippen molar-refractivity contribution in [3.05, 3.63) is 0 Å². The van der Waals surface area contributed by atoms with Crippen LogP contribution in [0.5, 0.6) is 0 Å². The predicted molar refractivity (Wildman–Crippen MR) is 65.5 cm³/mol. The van der Waals surface area contributed by atoms with Crippen molar-refractivity contribution in [1.29, 1.82) is 0 Å². The van der Waals surface area contributed by atoms with Crippen molar-refractivity contribution in [2.45, 2.75) is 37.5 Å². The Morgan fingerprint density at radius 3 is 2.80 bits per heavy atom. The molecular weight excluding hydrogens is 232 g/mol. The monoisotopic (exact) mass is 252 g/mol. The van der Waals surface area contributed by atoms with E-state index in [1.165, 1.54) is 12.8 Å². The highest BCUT2D eigenvalue weighted by Gasteiger charge is 2.26. The average Bonchev–Trinajstić information content (AvgIpc) is 2.51. The second kappa shape index (κ2) is 6.08. The van der Waals surface area contributed by atoms with Crippen LogP contribution in [-0.2, 0) is 10.0 Å². The summed E-state index contributed by atoms with van der Waals surface area (Å²) in [6.45, 7) is 2.63. The topological polar surface area (TPSA) is 72.2 Å². The standard InChI is InChI=1S/C9H20N2O2S2/c1-2-14-9-5-3-4-8(9)11-6-7-15(10,12)13/h8-9,11H,2-7H2,1H3,(H2,10,12,13). The van der Waals surface area contributed by atoms with Crippen LogP contribution in [0.3, 0.4) is 0 Å². The van der Waals surface area contributed by atoms with E-state index in [1.807, 2.05) is 11.8 Å². The summed E-state index contributed by atoms with van der Waals surface area (Å²) >= 11 is 1.96. The van der Waals surface area contributed by atoms with Crippen molar-refractivity contribution in [2.75, 3.05) is 18.1 Å². The Bertz CT molecular complexity index is 280. The third-order valence-electron chi connectivity index (χ3n) is 2.63. The molecule has 15 heavy (non-hydrogen) atoms. The molecule has 2 atom stereocenters. The summed E-state index contributed by atoms with van der Waals surface area (Å²) in [5, 5.41) is 8.88. The Balaban J connectivity index is 2.25. The van der Waals surface area contributed by atoms with E-state index < -0.39 is 10.0 Å². The van der Waals surface area contributed by atoms with Gasteiger partial charge in [-0.15, -0.1) is 0 Å². The summed E-state index contributed by atoms with van der Waals surface area (Å²) in [7, 11) is -3.31. The fourth-order valence-electron chi connectivity index (χ4n) is 1.96. The van der Waals surface area contributed by atoms with Gasteiger partial charge >= 0.3 is 0 Å². The highest BCUT2D eigenvalue weighted by atomic mass is 32.2. The summed E-state index contributed by atoms with van der Waals surface area (Å²) in [5.74, 6) is 1.16. The molecule has 0 amide bonds. The van der Waals surface area contributed by atoms with Gasteiger partial charge in [-0.3, -0.25) is 0 Å². The largest absolute Gasteiger partial charge is 0.312 e. The molecule has 1 rings (SSSR count). The third kappa shape index (κ3) is 5.19. The van der Waals surface area contributed by atoms with E-state index in [1.54, 1.807) is 0 Å². The molecule has 0 aromatic carbocycles. The molecule has 0 heterocycles. The third-order valence-corrected chi connectivity index (χ3v) is 4.73. The summed E-state index contributed by atoms with van der Waals surface area (Å²) < 4.78 is 21.5. The minimum absolute atomic E-state index is 0.0347. The predicted octanol–water partition coefficient (Wildman–Crippen LogP) is 0.539. The number of rotatable bonds is 6. The Morgan fingerprint density at radius 2 is 2.20 bits per heavy atom. The minimum Gasteiger partial charge on any atom is -0.312 e. The molecule has 0 aliphatic heterocycles. The van der Waals surface area contributed by atoms with E-state index in [4.69, 9.17) is 5.14 Å². The molecule has 1 aliphatic rings. The first-order valence-electron chi connectivity index (χ1n) is 5.38. The lowest BCUT2D eigenvalue weighted by molar-refractivity contribution is 0.543. The summed E-state index contributed by atoms with van der Waals surface area (Å²) in [4.78, 5) is 0. The fraction of sp³-hybridized carbons (Fsp3) is 1.00. The van der Waals surface area contributed by atoms with Crippen LogP contribution in [-0.4, -0.2) is 37.8 Å². The molecule has 0 saturated heterocycles. The fourth-order valence-corrected chi connectivity index (χ4v) is 3.59. The van der Waals surface area contributed by atoms with Gasteiger partial charge in [0.1, 0.15) is 0 Å². The van der Waals surface area contributed by atoms with Crippen LogP contribution >= 0.6 is 11.8 Å². The zero-order chi connectivity index (χ0) is 11.3. The number of hydrogen-bond acceptors (Lipinski definition) is 4. The molecule has 3 N–H and O–H groups in total. The van der Waals surface area contributed by atoms with E-state index in [0.29, 0.717) is 17.8 Å². The number of hydrogen-bond donors (Lipinski definition) is 2. The van der Waals surface area contributed by atoms with Crippen LogP contribution in [0.1, 0.15) is 26.2 Å². The van der Waals surface area contributed by atoms with Crippen LogP contribution in [0.15, 0.2) is 0 Å². The van der Waals surface area contributed by atoms with Crippen molar-refractivity contribution >= 4 is 21.8 Å². The number of nitrogens with one attached hydrogen (secondary N) is 1. The number of thioether (sulfide) groups is 1. The summed E-state index contributed by atoms with van der Waals surface area (Å²) in [6.07, 6.45) is 3.64. The van der Waals surface area contributed by atoms with Gasteiger partial charge < -0.3 is 5.32 Å². The van der Waals surface area contributed by atoms with Crippen molar-refractivity contribution in [3.8, 4) is 0 Å². The van der Waals surface area contributed by atoms with Crippen LogP contribution < -0.4 is 10.5 Å². The number of sulfonamides is 1. The normalized spacial score (nSPS) is 27.1. The maximum Gasteiger partial charge on any atom is 0.210 e. The van der Waals surface area contributed by atoms with Gasteiger partial charge in [-0.1, -0.05) is 13.3 Å². The summed E-state index contributed by atoms with van der Waals surface area (Å²) in [5.41, 5.74) is 0. The van der Waals surface area contributed by atoms with Crippen LogP contribution in [0.25, 0.3) is 0 Å². The zero-order valence-corrected chi connectivity index (χ0v) is 10.7. The first-order chi connectivity index (χ1) is 7.03. The number of nitrogens with two attached hydrogens (primary N) is 1. The van der Waals surface area contributed by atoms with Crippen LogP contribution in [0.2, 0.25) is 0 Å². The lowest BCUT2D eigenvalue weighted by atomic mass is 10.2. The molecule has 1 fully saturated rings. The molecule has 1 saturated carbocycles. The SMILES string of the molecule is CCSC1CCCC1NCCS(N)(=O)=O. The molecule has 1 aliphatic carbocycles. The molecular formula is C9H20N2O2S2. The van der Waals surface area contributed by atoms with Crippen molar-refractivity contribution in [3.63, 3.8) is 0 Å². The molecule has 90 valence electrons. The van der Waals surface area contributed by atoms with Gasteiger partial charge in [-0.05, 0) is 18.6 Å². The molecule has 0 bridgehead atoms. The van der Waals surface area contributed by atoms with Crippen molar-refractivity contribution in [2.24, 2.45) is 5.14 Å². The minimum atomic E-state index is -3.31. The highest BCUT2D eigenvalue weighted by molar-refractivity contribution is 7.99. The van der Waals surface area contributed by atoms with Gasteiger partial charge in [-0.25, -0.2) is 13.6 Å². The number of primary sulfonamides is 1. The quantitative estimate of drug-likeness (QED) is 0.723. The van der Waals surface area contributed by atoms with E-state index in [0.717, 1.165) is 12.2 Å². The van der Waals surface area contributed by atoms with E-state index in [-0.39, 0.29) is 5.75 Å². The van der Waals surface area contributed by atoms with Gasteiger partial charge in [0, 0.05) is 17.8 Å². The van der Waals surface area contributed by atoms with Crippen LogP contribution in [0.4, 0.5) is 0 Å². The molecule has 6 heteroatoms. The lowest BCUT2D eigenvalue weighted by Crippen LogP contribution is -2.38. The smallest absolute Gasteiger partial charge is 0.210 e. The van der Waals surface area contributed by atoms with Gasteiger partial charge in [0.05, 0.1) is 5.75 Å². The first-order valence-corrected chi connectivity index (χ1v) is 8.15. The second-order valence-electron chi connectivity index (χ2n) is 3.85. The van der Waals surface area contributed by atoms with E-state index in [9.17, 15) is 8.42 Å². The first kappa shape index (κ1) is 13.3. The maximum atomic E-state index is 10.7. The van der Waals surface area contributed by atoms with E-state index in [2.05, 4.69) is 12.2 Å². The van der Waals surface area contributed by atoms with Gasteiger partial charge in [0.15, 0.2) is 0 Å². The second-order valence-corrected chi connectivity index (χ2v) is 7.10. The Hall–Kier alpha value is 0.220. The van der Waals surface area contributed by atoms with E-state index >= 15 is 0 Å². The molecule has 0 spiro atoms. The molecule has 0 aromatic heterocycles. The Morgan fingerprint density at radius 1 is 1.47 bits per heavy atom. The molecule has 2 unspecified atom stereocenters. The van der Waals surface area contributed by atoms with Crippen molar-refractivity contribution in [1.82, 2.24) is 5.32 Å². The van der Waals surface area contributed by atoms with Gasteiger partial charge in [0.25, 0.3) is 0 Å². The molecule has 4 nitrogen and oxygen atoms in total. The average molecular weight is 252 g/mol. The molecule has 0 radical (unpaired) electrons. The highest BCUT2D eigenvalue weighted by Crippen LogP contribution is 2.29. The van der Waals surface area contributed by atoms with Gasteiger partial charge in [0.2, 0.25) is 10.0 Å². The zero-order valence-electron chi connectivity index (χ0n) is 9.11. The van der Waals surface area contributed by atoms with Crippen LogP contribution in [0, 0.1) is 0 Å².